The van der Waals surface area contributed by atoms with E-state index >= 15 is 0 Å². The van der Waals surface area contributed by atoms with E-state index in [1.807, 2.05) is 0 Å². The van der Waals surface area contributed by atoms with Crippen LogP contribution in [-0.4, -0.2) is 215 Å². The van der Waals surface area contributed by atoms with Crippen molar-refractivity contribution >= 4 is 17.8 Å². The average molecular weight is 1180 g/mol. The van der Waals surface area contributed by atoms with Crippen LogP contribution in [0, 0.1) is 0 Å². The molecule has 3 saturated heterocycles. The van der Waals surface area contributed by atoms with Crippen molar-refractivity contribution in [2.24, 2.45) is 0 Å². The van der Waals surface area contributed by atoms with Crippen molar-refractivity contribution in [3.05, 3.63) is 12.2 Å². The molecule has 14 N–H and O–H groups in total. The van der Waals surface area contributed by atoms with Crippen LogP contribution in [0.3, 0.4) is 0 Å². The number of unbranched alkanes of at least 4 members (excludes halogenated alkanes) is 23. The molecule has 82 heavy (non-hydrogen) atoms. The molecule has 3 heterocycles. The molecule has 0 aromatic heterocycles. The summed E-state index contributed by atoms with van der Waals surface area (Å²) in [4.78, 5) is 38.4. The molecule has 0 aromatic rings. The number of carbonyl (C=O) groups excluding carboxylic acids is 2. The van der Waals surface area contributed by atoms with Gasteiger partial charge in [-0.25, -0.2) is 4.79 Å². The van der Waals surface area contributed by atoms with Gasteiger partial charge < -0.3 is 100 Å². The maximum Gasteiger partial charge on any atom is 0.364 e. The predicted molar refractivity (Wildman–Crippen MR) is 301 cm³/mol. The lowest BCUT2D eigenvalue weighted by Gasteiger charge is -2.50. The maximum atomic E-state index is 13.3. The number of aliphatic hydroxyl groups excluding tert-OH is 11. The zero-order chi connectivity index (χ0) is 60.5. The number of carboxylic acids is 1. The molecule has 3 aliphatic heterocycles. The van der Waals surface area contributed by atoms with Crippen molar-refractivity contribution in [1.82, 2.24) is 10.6 Å². The van der Waals surface area contributed by atoms with Gasteiger partial charge in [-0.3, -0.25) is 9.59 Å². The van der Waals surface area contributed by atoms with Gasteiger partial charge in [0.25, 0.3) is 5.79 Å². The highest BCUT2D eigenvalue weighted by Gasteiger charge is 2.60. The van der Waals surface area contributed by atoms with Crippen molar-refractivity contribution in [1.29, 1.82) is 0 Å². The van der Waals surface area contributed by atoms with E-state index in [0.717, 1.165) is 71.1 Å². The third kappa shape index (κ3) is 25.4. The lowest BCUT2D eigenvalue weighted by Crippen LogP contribution is -2.70. The van der Waals surface area contributed by atoms with E-state index in [1.165, 1.54) is 89.9 Å². The first-order valence-corrected chi connectivity index (χ1v) is 31.0. The van der Waals surface area contributed by atoms with Crippen LogP contribution < -0.4 is 10.6 Å². The number of rotatable bonds is 45. The van der Waals surface area contributed by atoms with Crippen molar-refractivity contribution in [3.63, 3.8) is 0 Å². The van der Waals surface area contributed by atoms with E-state index in [2.05, 4.69) is 36.6 Å². The second kappa shape index (κ2) is 41.5. The molecule has 0 aromatic carbocycles. The Morgan fingerprint density at radius 2 is 1.15 bits per heavy atom. The lowest BCUT2D eigenvalue weighted by molar-refractivity contribution is -0.386. The molecule has 0 radical (unpaired) electrons. The number of carbonyl (C=O) groups is 3. The SMILES string of the molecule is CCCC/C=C\CCCCCCCC(=O)NC(COC1OC(CO)C(OC2OC(CO)C(O)C(OC3(C(=O)O)CC(O)C(NC(C)=O)C(C(O)C(O)CO)O3)C2O)C(O)C1O)C(O)CCCCCCCCCCCCCCCCCCC. The van der Waals surface area contributed by atoms with Gasteiger partial charge in [0.15, 0.2) is 12.6 Å². The Kier molecular flexibility index (Phi) is 37.4. The summed E-state index contributed by atoms with van der Waals surface area (Å²) in [5, 5.41) is 136. The predicted octanol–water partition coefficient (Wildman–Crippen LogP) is 3.17. The average Bonchev–Trinajstić information content (AvgIpc) is 3.57. The number of hydrogen-bond acceptors (Lipinski definition) is 20. The third-order valence-electron chi connectivity index (χ3n) is 16.0. The normalized spacial score (nSPS) is 30.2. The summed E-state index contributed by atoms with van der Waals surface area (Å²) in [5.41, 5.74) is 0. The molecule has 18 atom stereocenters. The fourth-order valence-electron chi connectivity index (χ4n) is 10.9. The Morgan fingerprint density at radius 1 is 0.622 bits per heavy atom. The van der Waals surface area contributed by atoms with E-state index < -0.39 is 148 Å². The quantitative estimate of drug-likeness (QED) is 0.0307. The fourth-order valence-corrected chi connectivity index (χ4v) is 10.9. The molecule has 0 aliphatic carbocycles. The van der Waals surface area contributed by atoms with E-state index in [4.69, 9.17) is 28.4 Å². The molecule has 480 valence electrons. The van der Waals surface area contributed by atoms with Gasteiger partial charge in [0, 0.05) is 19.8 Å². The molecule has 23 nitrogen and oxygen atoms in total. The van der Waals surface area contributed by atoms with Crippen LogP contribution in [0.25, 0.3) is 0 Å². The number of amides is 2. The molecule has 2 amide bonds. The number of hydrogen-bond donors (Lipinski definition) is 14. The Hall–Kier alpha value is -2.53. The van der Waals surface area contributed by atoms with E-state index in [9.17, 15) is 75.7 Å². The summed E-state index contributed by atoms with van der Waals surface area (Å²) in [7, 11) is 0. The number of aliphatic carboxylic acids is 1. The highest BCUT2D eigenvalue weighted by atomic mass is 16.8. The van der Waals surface area contributed by atoms with Crippen LogP contribution in [0.5, 0.6) is 0 Å². The van der Waals surface area contributed by atoms with E-state index in [-0.39, 0.29) is 18.9 Å². The van der Waals surface area contributed by atoms with E-state index in [1.54, 1.807) is 0 Å². The van der Waals surface area contributed by atoms with Gasteiger partial charge in [-0.15, -0.1) is 0 Å². The van der Waals surface area contributed by atoms with Gasteiger partial charge in [0.2, 0.25) is 11.8 Å². The maximum absolute atomic E-state index is 13.3. The van der Waals surface area contributed by atoms with Crippen LogP contribution in [-0.2, 0) is 42.8 Å². The number of ether oxygens (including phenoxy) is 6. The molecular formula is C59H108N2O21. The minimum atomic E-state index is -3.08. The molecule has 0 saturated carbocycles. The second-order valence-electron chi connectivity index (χ2n) is 22.9. The van der Waals surface area contributed by atoms with Gasteiger partial charge in [-0.2, -0.15) is 0 Å². The second-order valence-corrected chi connectivity index (χ2v) is 22.9. The Balaban J connectivity index is 1.65. The van der Waals surface area contributed by atoms with Crippen LogP contribution in [0.1, 0.15) is 207 Å². The van der Waals surface area contributed by atoms with Crippen LogP contribution in [0.2, 0.25) is 0 Å². The van der Waals surface area contributed by atoms with Gasteiger partial charge in [0.05, 0.1) is 50.7 Å². The number of nitrogens with one attached hydrogen (secondary N) is 2. The first-order chi connectivity index (χ1) is 39.4. The zero-order valence-electron chi connectivity index (χ0n) is 49.3. The van der Waals surface area contributed by atoms with Crippen molar-refractivity contribution in [2.45, 2.75) is 317 Å². The molecule has 0 spiro atoms. The molecule has 23 heteroatoms. The summed E-state index contributed by atoms with van der Waals surface area (Å²) in [6, 6.07) is -2.53. The molecular weight excluding hydrogens is 1070 g/mol. The van der Waals surface area contributed by atoms with E-state index in [0.29, 0.717) is 19.3 Å². The van der Waals surface area contributed by atoms with Crippen molar-refractivity contribution in [2.75, 3.05) is 26.4 Å². The molecule has 3 fully saturated rings. The van der Waals surface area contributed by atoms with Crippen LogP contribution in [0.15, 0.2) is 12.2 Å². The van der Waals surface area contributed by atoms with Gasteiger partial charge in [-0.1, -0.05) is 167 Å². The minimum Gasteiger partial charge on any atom is -0.477 e. The summed E-state index contributed by atoms with van der Waals surface area (Å²) in [6.45, 7) is 2.12. The number of allylic oxidation sites excluding steroid dienone is 2. The Bertz CT molecular complexity index is 1740. The van der Waals surface area contributed by atoms with Gasteiger partial charge in [-0.05, 0) is 32.1 Å². The topological polar surface area (TPSA) is 373 Å². The summed E-state index contributed by atoms with van der Waals surface area (Å²) < 4.78 is 34.7. The Labute approximate surface area is 486 Å². The zero-order valence-corrected chi connectivity index (χ0v) is 49.3. The third-order valence-corrected chi connectivity index (χ3v) is 16.0. The van der Waals surface area contributed by atoms with Crippen molar-refractivity contribution in [3.8, 4) is 0 Å². The fraction of sp³-hybridized carbons (Fsp3) is 0.915. The standard InChI is InChI=1S/C59H108N2O21/c1-4-6-8-10-12-14-16-17-18-19-20-21-23-24-26-28-30-32-41(66)40(61-46(69)33-31-29-27-25-22-15-13-11-9-7-5-2)38-77-56-51(73)50(72)53(45(37-64)79-56)80-57-52(74)55(49(71)44(36-63)78-57)82-59(58(75)76)34-42(67)47(60-39(3)65)54(81-59)48(70)43(68)35-62/h11,13,40-45,47-57,62-64,66-68,70-74H,4-10,12,14-38H2,1-3H3,(H,60,65)(H,61,69)(H,75,76)/b13-11-. The summed E-state index contributed by atoms with van der Waals surface area (Å²) in [6.07, 6.45) is 5.29. The minimum absolute atomic E-state index is 0.213. The number of aliphatic hydroxyl groups is 11. The first kappa shape index (κ1) is 73.7. The smallest absolute Gasteiger partial charge is 0.364 e. The highest BCUT2D eigenvalue weighted by molar-refractivity contribution is 5.77. The largest absolute Gasteiger partial charge is 0.477 e. The van der Waals surface area contributed by atoms with Crippen molar-refractivity contribution < 1.29 is 104 Å². The Morgan fingerprint density at radius 3 is 1.68 bits per heavy atom. The van der Waals surface area contributed by atoms with Crippen LogP contribution >= 0.6 is 0 Å². The van der Waals surface area contributed by atoms with Gasteiger partial charge >= 0.3 is 5.97 Å². The molecule has 3 rings (SSSR count). The monoisotopic (exact) mass is 1180 g/mol. The summed E-state index contributed by atoms with van der Waals surface area (Å²) in [5.74, 6) is -6.11. The van der Waals surface area contributed by atoms with Gasteiger partial charge in [0.1, 0.15) is 67.1 Å². The van der Waals surface area contributed by atoms with Crippen LogP contribution in [0.4, 0.5) is 0 Å². The molecule has 0 bridgehead atoms. The first-order valence-electron chi connectivity index (χ1n) is 31.0. The number of carboxylic acid groups (broad SMARTS) is 1. The summed E-state index contributed by atoms with van der Waals surface area (Å²) >= 11 is 0. The highest BCUT2D eigenvalue weighted by Crippen LogP contribution is 2.38. The lowest BCUT2D eigenvalue weighted by atomic mass is 9.88. The molecule has 3 aliphatic rings. The molecule has 18 unspecified atom stereocenters.